The second kappa shape index (κ2) is 5.72. The van der Waals surface area contributed by atoms with E-state index in [9.17, 15) is 0 Å². The molecule has 0 amide bonds. The van der Waals surface area contributed by atoms with Crippen LogP contribution in [0, 0.1) is 6.92 Å². The first-order valence-corrected chi connectivity index (χ1v) is 8.14. The van der Waals surface area contributed by atoms with Gasteiger partial charge in [0.05, 0.1) is 0 Å². The minimum absolute atomic E-state index is 0.579. The first kappa shape index (κ1) is 13.9. The van der Waals surface area contributed by atoms with E-state index in [0.717, 1.165) is 0 Å². The molecular weight excluding hydrogens is 246 g/mol. The van der Waals surface area contributed by atoms with Gasteiger partial charge in [-0.05, 0) is 70.2 Å². The van der Waals surface area contributed by atoms with Gasteiger partial charge in [0.15, 0.2) is 0 Å². The van der Waals surface area contributed by atoms with E-state index in [1.807, 2.05) is 0 Å². The average Bonchev–Trinajstić information content (AvgIpc) is 3.10. The predicted molar refractivity (Wildman–Crippen MR) is 84.2 cm³/mol. The van der Waals surface area contributed by atoms with Crippen LogP contribution >= 0.6 is 0 Å². The third-order valence-corrected chi connectivity index (χ3v) is 4.88. The van der Waals surface area contributed by atoms with Gasteiger partial charge in [0.2, 0.25) is 0 Å². The number of aryl methyl sites for hydroxylation is 1. The van der Waals surface area contributed by atoms with Gasteiger partial charge < -0.3 is 4.90 Å². The molecule has 110 valence electrons. The standard InChI is InChI=1S/C17H27N3/c1-13(2)20-10-6-7-16(20)15-12-18-17(11-14(15)3)19-8-4-5-9-19/h11-13,16H,4-10H2,1-3H3. The number of hydrogen-bond acceptors (Lipinski definition) is 3. The van der Waals surface area contributed by atoms with Gasteiger partial charge in [-0.15, -0.1) is 0 Å². The lowest BCUT2D eigenvalue weighted by atomic mass is 10.0. The van der Waals surface area contributed by atoms with Crippen molar-refractivity contribution in [1.82, 2.24) is 9.88 Å². The van der Waals surface area contributed by atoms with Crippen LogP contribution in [0.4, 0.5) is 5.82 Å². The molecule has 0 aliphatic carbocycles. The first-order chi connectivity index (χ1) is 9.66. The highest BCUT2D eigenvalue weighted by Gasteiger charge is 2.29. The molecule has 2 aliphatic heterocycles. The molecule has 3 rings (SSSR count). The molecule has 2 fully saturated rings. The van der Waals surface area contributed by atoms with Crippen molar-refractivity contribution in [2.75, 3.05) is 24.5 Å². The molecule has 0 saturated carbocycles. The molecule has 1 aromatic rings. The number of pyridine rings is 1. The fourth-order valence-corrected chi connectivity index (χ4v) is 3.76. The fourth-order valence-electron chi connectivity index (χ4n) is 3.76. The Morgan fingerprint density at radius 2 is 1.90 bits per heavy atom. The first-order valence-electron chi connectivity index (χ1n) is 8.14. The van der Waals surface area contributed by atoms with Gasteiger partial charge in [0.1, 0.15) is 5.82 Å². The van der Waals surface area contributed by atoms with Crippen LogP contribution in [-0.2, 0) is 0 Å². The highest BCUT2D eigenvalue weighted by atomic mass is 15.2. The van der Waals surface area contributed by atoms with Crippen LogP contribution in [0.3, 0.4) is 0 Å². The van der Waals surface area contributed by atoms with Crippen LogP contribution < -0.4 is 4.90 Å². The van der Waals surface area contributed by atoms with E-state index in [-0.39, 0.29) is 0 Å². The van der Waals surface area contributed by atoms with Gasteiger partial charge in [-0.2, -0.15) is 0 Å². The van der Waals surface area contributed by atoms with Crippen molar-refractivity contribution in [3.63, 3.8) is 0 Å². The summed E-state index contributed by atoms with van der Waals surface area (Å²) >= 11 is 0. The number of anilines is 1. The summed E-state index contributed by atoms with van der Waals surface area (Å²) in [7, 11) is 0. The minimum atomic E-state index is 0.579. The van der Waals surface area contributed by atoms with E-state index in [1.54, 1.807) is 0 Å². The maximum atomic E-state index is 4.76. The number of likely N-dealkylation sites (tertiary alicyclic amines) is 1. The summed E-state index contributed by atoms with van der Waals surface area (Å²) in [6, 6.07) is 3.51. The molecule has 20 heavy (non-hydrogen) atoms. The predicted octanol–water partition coefficient (Wildman–Crippen LogP) is 3.54. The van der Waals surface area contributed by atoms with Crippen molar-refractivity contribution in [1.29, 1.82) is 0 Å². The zero-order valence-electron chi connectivity index (χ0n) is 13.1. The molecule has 0 aromatic carbocycles. The molecule has 0 radical (unpaired) electrons. The molecule has 1 atom stereocenters. The lowest BCUT2D eigenvalue weighted by Crippen LogP contribution is -2.30. The second-order valence-corrected chi connectivity index (χ2v) is 6.58. The van der Waals surface area contributed by atoms with Gasteiger partial charge >= 0.3 is 0 Å². The summed E-state index contributed by atoms with van der Waals surface area (Å²) in [6.07, 6.45) is 7.37. The molecule has 0 N–H and O–H groups in total. The Labute approximate surface area is 123 Å². The lowest BCUT2D eigenvalue weighted by Gasteiger charge is -2.29. The SMILES string of the molecule is Cc1cc(N2CCCC2)ncc1C1CCCN1C(C)C. The molecule has 3 nitrogen and oxygen atoms in total. The summed E-state index contributed by atoms with van der Waals surface area (Å²) in [5.74, 6) is 1.18. The molecule has 3 heterocycles. The van der Waals surface area contributed by atoms with Gasteiger partial charge in [-0.3, -0.25) is 4.90 Å². The van der Waals surface area contributed by atoms with Crippen molar-refractivity contribution in [3.05, 3.63) is 23.4 Å². The smallest absolute Gasteiger partial charge is 0.128 e. The molecule has 0 bridgehead atoms. The van der Waals surface area contributed by atoms with Crippen LogP contribution in [0.1, 0.15) is 56.7 Å². The van der Waals surface area contributed by atoms with Crippen LogP contribution in [-0.4, -0.2) is 35.6 Å². The summed E-state index contributed by atoms with van der Waals surface area (Å²) < 4.78 is 0. The topological polar surface area (TPSA) is 19.4 Å². The highest BCUT2D eigenvalue weighted by Crippen LogP contribution is 2.35. The molecule has 0 spiro atoms. The van der Waals surface area contributed by atoms with E-state index in [2.05, 4.69) is 42.8 Å². The Hall–Kier alpha value is -1.09. The van der Waals surface area contributed by atoms with Gasteiger partial charge in [-0.1, -0.05) is 0 Å². The molecule has 2 saturated heterocycles. The third kappa shape index (κ3) is 2.56. The Kier molecular flexibility index (Phi) is 3.97. The third-order valence-electron chi connectivity index (χ3n) is 4.88. The normalized spacial score (nSPS) is 24.0. The van der Waals surface area contributed by atoms with Crippen molar-refractivity contribution >= 4 is 5.82 Å². The van der Waals surface area contributed by atoms with E-state index in [4.69, 9.17) is 4.98 Å². The van der Waals surface area contributed by atoms with Crippen LogP contribution in [0.15, 0.2) is 12.3 Å². The summed E-state index contributed by atoms with van der Waals surface area (Å²) in [4.78, 5) is 9.81. The quantitative estimate of drug-likeness (QED) is 0.840. The Balaban J connectivity index is 1.83. The lowest BCUT2D eigenvalue weighted by molar-refractivity contribution is 0.205. The van der Waals surface area contributed by atoms with Crippen LogP contribution in [0.5, 0.6) is 0 Å². The number of aromatic nitrogens is 1. The zero-order valence-corrected chi connectivity index (χ0v) is 13.1. The van der Waals surface area contributed by atoms with Crippen molar-refractivity contribution in [2.24, 2.45) is 0 Å². The Morgan fingerprint density at radius 3 is 2.55 bits per heavy atom. The van der Waals surface area contributed by atoms with E-state index in [1.165, 1.54) is 62.3 Å². The van der Waals surface area contributed by atoms with E-state index < -0.39 is 0 Å². The molecule has 2 aliphatic rings. The molecular formula is C17H27N3. The summed E-state index contributed by atoms with van der Waals surface area (Å²) in [5, 5.41) is 0. The van der Waals surface area contributed by atoms with Crippen molar-refractivity contribution in [2.45, 2.75) is 58.5 Å². The zero-order chi connectivity index (χ0) is 14.1. The molecule has 1 unspecified atom stereocenters. The van der Waals surface area contributed by atoms with E-state index in [0.29, 0.717) is 12.1 Å². The van der Waals surface area contributed by atoms with Crippen molar-refractivity contribution < 1.29 is 0 Å². The number of rotatable bonds is 3. The maximum absolute atomic E-state index is 4.76. The fraction of sp³-hybridized carbons (Fsp3) is 0.706. The summed E-state index contributed by atoms with van der Waals surface area (Å²) in [6.45, 7) is 10.4. The largest absolute Gasteiger partial charge is 0.357 e. The highest BCUT2D eigenvalue weighted by molar-refractivity contribution is 5.45. The van der Waals surface area contributed by atoms with Gasteiger partial charge in [-0.25, -0.2) is 4.98 Å². The minimum Gasteiger partial charge on any atom is -0.357 e. The number of hydrogen-bond donors (Lipinski definition) is 0. The van der Waals surface area contributed by atoms with Gasteiger partial charge in [0.25, 0.3) is 0 Å². The Bertz CT molecular complexity index is 463. The maximum Gasteiger partial charge on any atom is 0.128 e. The second-order valence-electron chi connectivity index (χ2n) is 6.58. The van der Waals surface area contributed by atoms with E-state index >= 15 is 0 Å². The Morgan fingerprint density at radius 1 is 1.15 bits per heavy atom. The van der Waals surface area contributed by atoms with Crippen LogP contribution in [0.25, 0.3) is 0 Å². The summed E-state index contributed by atoms with van der Waals surface area (Å²) in [5.41, 5.74) is 2.86. The monoisotopic (exact) mass is 273 g/mol. The molecule has 1 aromatic heterocycles. The van der Waals surface area contributed by atoms with Gasteiger partial charge in [0, 0.05) is 31.4 Å². The average molecular weight is 273 g/mol. The molecule has 3 heteroatoms. The van der Waals surface area contributed by atoms with Crippen molar-refractivity contribution in [3.8, 4) is 0 Å². The number of nitrogens with zero attached hydrogens (tertiary/aromatic N) is 3. The van der Waals surface area contributed by atoms with Crippen LogP contribution in [0.2, 0.25) is 0 Å².